The summed E-state index contributed by atoms with van der Waals surface area (Å²) in [7, 11) is -3.86. The van der Waals surface area contributed by atoms with E-state index >= 15 is 0 Å². The van der Waals surface area contributed by atoms with Gasteiger partial charge in [0.25, 0.3) is 15.9 Å². The fourth-order valence-corrected chi connectivity index (χ4v) is 4.31. The number of ether oxygens (including phenoxy) is 1. The van der Waals surface area contributed by atoms with Gasteiger partial charge in [0, 0.05) is 0 Å². The number of anilines is 1. The highest BCUT2D eigenvalue weighted by molar-refractivity contribution is 7.92. The standard InChI is InChI=1S/C19H22N2O4S/c1-19(2,3)13-8-10-14(11-9-13)26(23,24)21-12-17(18(20)22)25-16-7-5-4-6-15(16)21/h4-11,17H,12H2,1-3H3,(H2,20,22)/t17-/m0/s1. The summed E-state index contributed by atoms with van der Waals surface area (Å²) in [6, 6.07) is 13.5. The molecule has 0 aliphatic carbocycles. The van der Waals surface area contributed by atoms with E-state index in [1.54, 1.807) is 36.4 Å². The molecule has 0 radical (unpaired) electrons. The van der Waals surface area contributed by atoms with Gasteiger partial charge in [-0.1, -0.05) is 45.0 Å². The number of carbonyl (C=O) groups excluding carboxylic acids is 1. The van der Waals surface area contributed by atoms with Crippen LogP contribution < -0.4 is 14.8 Å². The number of hydrogen-bond acceptors (Lipinski definition) is 4. The lowest BCUT2D eigenvalue weighted by Gasteiger charge is -2.34. The van der Waals surface area contributed by atoms with Crippen LogP contribution in [0.3, 0.4) is 0 Å². The zero-order chi connectivity index (χ0) is 19.1. The maximum atomic E-state index is 13.2. The van der Waals surface area contributed by atoms with Crippen LogP contribution in [0, 0.1) is 0 Å². The molecule has 0 unspecified atom stereocenters. The summed E-state index contributed by atoms with van der Waals surface area (Å²) >= 11 is 0. The fourth-order valence-electron chi connectivity index (χ4n) is 2.83. The van der Waals surface area contributed by atoms with Gasteiger partial charge in [0.05, 0.1) is 17.1 Å². The third-order valence-electron chi connectivity index (χ3n) is 4.36. The van der Waals surface area contributed by atoms with Crippen molar-refractivity contribution in [3.05, 3.63) is 54.1 Å². The lowest BCUT2D eigenvalue weighted by molar-refractivity contribution is -0.124. The monoisotopic (exact) mass is 374 g/mol. The Morgan fingerprint density at radius 3 is 2.31 bits per heavy atom. The van der Waals surface area contributed by atoms with Gasteiger partial charge in [-0.3, -0.25) is 9.10 Å². The van der Waals surface area contributed by atoms with Gasteiger partial charge in [0.15, 0.2) is 6.10 Å². The summed E-state index contributed by atoms with van der Waals surface area (Å²) in [5, 5.41) is 0. The van der Waals surface area contributed by atoms with Crippen LogP contribution >= 0.6 is 0 Å². The molecule has 0 aromatic heterocycles. The normalized spacial score (nSPS) is 17.3. The van der Waals surface area contributed by atoms with Crippen LogP contribution in [0.4, 0.5) is 5.69 Å². The van der Waals surface area contributed by atoms with Crippen LogP contribution in [0.15, 0.2) is 53.4 Å². The molecule has 1 aliphatic rings. The van der Waals surface area contributed by atoms with E-state index in [1.165, 1.54) is 4.31 Å². The molecule has 1 atom stereocenters. The molecule has 2 N–H and O–H groups in total. The molecule has 1 heterocycles. The van der Waals surface area contributed by atoms with Crippen molar-refractivity contribution in [2.45, 2.75) is 37.2 Å². The first-order valence-electron chi connectivity index (χ1n) is 8.29. The third kappa shape index (κ3) is 3.26. The molecule has 26 heavy (non-hydrogen) atoms. The number of amides is 1. The van der Waals surface area contributed by atoms with E-state index in [-0.39, 0.29) is 16.9 Å². The molecule has 0 bridgehead atoms. The van der Waals surface area contributed by atoms with Crippen LogP contribution in [-0.2, 0) is 20.2 Å². The molecule has 6 nitrogen and oxygen atoms in total. The molecular weight excluding hydrogens is 352 g/mol. The molecule has 3 rings (SSSR count). The highest BCUT2D eigenvalue weighted by atomic mass is 32.2. The number of carbonyl (C=O) groups is 1. The van der Waals surface area contributed by atoms with Crippen molar-refractivity contribution >= 4 is 21.6 Å². The first-order chi connectivity index (χ1) is 12.1. The number of nitrogens with zero attached hydrogens (tertiary/aromatic N) is 1. The maximum Gasteiger partial charge on any atom is 0.264 e. The summed E-state index contributed by atoms with van der Waals surface area (Å²) in [6.45, 7) is 6.03. The zero-order valence-electron chi connectivity index (χ0n) is 15.0. The van der Waals surface area contributed by atoms with Gasteiger partial charge in [-0.05, 0) is 35.2 Å². The molecule has 2 aromatic carbocycles. The number of rotatable bonds is 3. The molecule has 0 saturated carbocycles. The molecule has 0 saturated heterocycles. The third-order valence-corrected chi connectivity index (χ3v) is 6.15. The van der Waals surface area contributed by atoms with E-state index in [2.05, 4.69) is 20.8 Å². The van der Waals surface area contributed by atoms with Crippen molar-refractivity contribution in [3.63, 3.8) is 0 Å². The summed E-state index contributed by atoms with van der Waals surface area (Å²) in [5.74, 6) is -0.389. The van der Waals surface area contributed by atoms with Crippen LogP contribution in [0.5, 0.6) is 5.75 Å². The van der Waals surface area contributed by atoms with Gasteiger partial charge >= 0.3 is 0 Å². The highest BCUT2D eigenvalue weighted by Gasteiger charge is 2.36. The number of primary amides is 1. The van der Waals surface area contributed by atoms with Crippen LogP contribution in [0.1, 0.15) is 26.3 Å². The van der Waals surface area contributed by atoms with E-state index in [1.807, 2.05) is 12.1 Å². The summed E-state index contributed by atoms with van der Waals surface area (Å²) in [6.07, 6.45) is -1.03. The Hall–Kier alpha value is -2.54. The lowest BCUT2D eigenvalue weighted by Crippen LogP contribution is -2.49. The number of para-hydroxylation sites is 2. The Bertz CT molecular complexity index is 931. The Kier molecular flexibility index (Phi) is 4.44. The molecule has 1 aliphatic heterocycles. The quantitative estimate of drug-likeness (QED) is 0.893. The van der Waals surface area contributed by atoms with Gasteiger partial charge < -0.3 is 10.5 Å². The number of nitrogens with two attached hydrogens (primary N) is 1. The minimum Gasteiger partial charge on any atom is -0.476 e. The fraction of sp³-hybridized carbons (Fsp3) is 0.316. The van der Waals surface area contributed by atoms with Gasteiger partial charge in [0.1, 0.15) is 5.75 Å². The second kappa shape index (κ2) is 6.32. The van der Waals surface area contributed by atoms with Gasteiger partial charge in [-0.25, -0.2) is 8.42 Å². The Balaban J connectivity index is 2.04. The van der Waals surface area contributed by atoms with Crippen LogP contribution in [0.25, 0.3) is 0 Å². The van der Waals surface area contributed by atoms with Gasteiger partial charge in [-0.15, -0.1) is 0 Å². The summed E-state index contributed by atoms with van der Waals surface area (Å²) < 4.78 is 33.1. The molecule has 0 fully saturated rings. The van der Waals surface area contributed by atoms with Crippen molar-refractivity contribution in [2.24, 2.45) is 5.73 Å². The summed E-state index contributed by atoms with van der Waals surface area (Å²) in [4.78, 5) is 11.8. The number of fused-ring (bicyclic) bond motifs is 1. The van der Waals surface area contributed by atoms with Crippen molar-refractivity contribution < 1.29 is 17.9 Å². The zero-order valence-corrected chi connectivity index (χ0v) is 15.8. The minimum atomic E-state index is -3.86. The molecule has 1 amide bonds. The molecule has 2 aromatic rings. The Morgan fingerprint density at radius 2 is 1.73 bits per heavy atom. The largest absolute Gasteiger partial charge is 0.476 e. The van der Waals surface area contributed by atoms with Crippen molar-refractivity contribution in [1.29, 1.82) is 0 Å². The second-order valence-corrected chi connectivity index (χ2v) is 9.15. The lowest BCUT2D eigenvalue weighted by atomic mass is 9.87. The SMILES string of the molecule is CC(C)(C)c1ccc(S(=O)(=O)N2C[C@@H](C(N)=O)Oc3ccccc32)cc1. The van der Waals surface area contributed by atoms with E-state index in [0.717, 1.165) is 5.56 Å². The van der Waals surface area contributed by atoms with Gasteiger partial charge in [0.2, 0.25) is 0 Å². The van der Waals surface area contributed by atoms with E-state index < -0.39 is 22.0 Å². The first kappa shape index (κ1) is 18.3. The van der Waals surface area contributed by atoms with Crippen molar-refractivity contribution in [1.82, 2.24) is 0 Å². The van der Waals surface area contributed by atoms with Gasteiger partial charge in [-0.2, -0.15) is 0 Å². The van der Waals surface area contributed by atoms with E-state index in [4.69, 9.17) is 10.5 Å². The molecule has 7 heteroatoms. The minimum absolute atomic E-state index is 0.0785. The number of benzene rings is 2. The Morgan fingerprint density at radius 1 is 1.12 bits per heavy atom. The van der Waals surface area contributed by atoms with E-state index in [0.29, 0.717) is 11.4 Å². The van der Waals surface area contributed by atoms with Crippen LogP contribution in [-0.4, -0.2) is 27.0 Å². The molecule has 138 valence electrons. The molecular formula is C19H22N2O4S. The predicted molar refractivity (Wildman–Crippen MR) is 99.7 cm³/mol. The average molecular weight is 374 g/mol. The smallest absolute Gasteiger partial charge is 0.264 e. The average Bonchev–Trinajstić information content (AvgIpc) is 2.60. The van der Waals surface area contributed by atoms with E-state index in [9.17, 15) is 13.2 Å². The first-order valence-corrected chi connectivity index (χ1v) is 9.73. The van der Waals surface area contributed by atoms with Crippen LogP contribution in [0.2, 0.25) is 0 Å². The van der Waals surface area contributed by atoms with Crippen molar-refractivity contribution in [2.75, 3.05) is 10.8 Å². The Labute approximate surface area is 153 Å². The summed E-state index contributed by atoms with van der Waals surface area (Å²) in [5.41, 5.74) is 6.70. The molecule has 0 spiro atoms. The second-order valence-electron chi connectivity index (χ2n) is 7.29. The predicted octanol–water partition coefficient (Wildman–Crippen LogP) is 2.43. The maximum absolute atomic E-state index is 13.2. The topological polar surface area (TPSA) is 89.7 Å². The number of hydrogen-bond donors (Lipinski definition) is 1. The number of sulfonamides is 1. The van der Waals surface area contributed by atoms with Crippen molar-refractivity contribution in [3.8, 4) is 5.75 Å². The highest BCUT2D eigenvalue weighted by Crippen LogP contribution is 2.37.